The van der Waals surface area contributed by atoms with Crippen LogP contribution in [0.5, 0.6) is 0 Å². The van der Waals surface area contributed by atoms with Gasteiger partial charge >= 0.3 is 0 Å². The summed E-state index contributed by atoms with van der Waals surface area (Å²) in [5, 5.41) is 6.00. The van der Waals surface area contributed by atoms with Gasteiger partial charge in [0.25, 0.3) is 5.91 Å². The Morgan fingerprint density at radius 2 is 1.64 bits per heavy atom. The highest BCUT2D eigenvalue weighted by Gasteiger charge is 2.14. The van der Waals surface area contributed by atoms with Gasteiger partial charge in [-0.1, -0.05) is 55.5 Å². The summed E-state index contributed by atoms with van der Waals surface area (Å²) in [5.41, 5.74) is 4.39. The van der Waals surface area contributed by atoms with Crippen LogP contribution in [0.1, 0.15) is 35.1 Å². The van der Waals surface area contributed by atoms with Crippen molar-refractivity contribution in [2.45, 2.75) is 32.7 Å². The number of nitrogens with zero attached hydrogens (tertiary/aromatic N) is 2. The van der Waals surface area contributed by atoms with E-state index in [0.29, 0.717) is 18.5 Å². The molecule has 0 saturated carbocycles. The largest absolute Gasteiger partial charge is 0.352 e. The third-order valence-corrected chi connectivity index (χ3v) is 5.61. The van der Waals surface area contributed by atoms with E-state index in [4.69, 9.17) is 4.98 Å². The van der Waals surface area contributed by atoms with Crippen molar-refractivity contribution in [1.82, 2.24) is 14.9 Å². The Labute approximate surface area is 193 Å². The molecular weight excluding hydrogens is 412 g/mol. The predicted octanol–water partition coefficient (Wildman–Crippen LogP) is 4.60. The lowest BCUT2D eigenvalue weighted by Gasteiger charge is -2.12. The molecule has 0 spiro atoms. The molecule has 6 nitrogen and oxygen atoms in total. The maximum absolute atomic E-state index is 12.9. The van der Waals surface area contributed by atoms with Crippen LogP contribution in [0, 0.1) is 0 Å². The smallest absolute Gasteiger partial charge is 0.251 e. The van der Waals surface area contributed by atoms with E-state index < -0.39 is 0 Å². The van der Waals surface area contributed by atoms with Gasteiger partial charge in [0.05, 0.1) is 11.0 Å². The molecule has 1 aromatic heterocycles. The predicted molar refractivity (Wildman–Crippen MR) is 131 cm³/mol. The number of amides is 2. The molecule has 0 fully saturated rings. The lowest BCUT2D eigenvalue weighted by Crippen LogP contribution is -2.25. The van der Waals surface area contributed by atoms with Crippen molar-refractivity contribution in [2.75, 3.05) is 11.9 Å². The number of hydrogen-bond acceptors (Lipinski definition) is 3. The Morgan fingerprint density at radius 1 is 0.909 bits per heavy atom. The van der Waals surface area contributed by atoms with Crippen molar-refractivity contribution in [3.05, 3.63) is 95.8 Å². The van der Waals surface area contributed by atoms with Crippen molar-refractivity contribution >= 4 is 28.5 Å². The van der Waals surface area contributed by atoms with Crippen molar-refractivity contribution in [1.29, 1.82) is 0 Å². The second kappa shape index (κ2) is 10.6. The summed E-state index contributed by atoms with van der Waals surface area (Å²) in [4.78, 5) is 29.9. The number of nitrogens with one attached hydrogen (secondary N) is 2. The van der Waals surface area contributed by atoms with Crippen LogP contribution in [0.25, 0.3) is 11.0 Å². The van der Waals surface area contributed by atoms with E-state index in [1.807, 2.05) is 71.3 Å². The van der Waals surface area contributed by atoms with Crippen LogP contribution in [0.2, 0.25) is 0 Å². The molecule has 2 amide bonds. The molecule has 0 bridgehead atoms. The molecule has 0 aliphatic rings. The summed E-state index contributed by atoms with van der Waals surface area (Å²) >= 11 is 0. The van der Waals surface area contributed by atoms with Gasteiger partial charge in [-0.3, -0.25) is 9.59 Å². The number of fused-ring (bicyclic) bond motifs is 1. The lowest BCUT2D eigenvalue weighted by molar-refractivity contribution is -0.116. The highest BCUT2D eigenvalue weighted by Crippen LogP contribution is 2.19. The fourth-order valence-electron chi connectivity index (χ4n) is 3.92. The first-order valence-corrected chi connectivity index (χ1v) is 11.3. The number of anilines is 1. The van der Waals surface area contributed by atoms with Gasteiger partial charge in [0, 0.05) is 24.2 Å². The standard InChI is InChI=1S/C27H28N4O2/c1-2-20-11-6-7-14-22(20)30-26(32)19-31-24-16-9-8-15-23(24)29-25(31)17-10-18-28-27(33)21-12-4-3-5-13-21/h3-9,11-16H,2,10,17-19H2,1H3,(H,28,33)(H,30,32). The summed E-state index contributed by atoms with van der Waals surface area (Å²) in [6, 6.07) is 24.9. The number of aryl methyl sites for hydroxylation is 2. The molecule has 0 radical (unpaired) electrons. The maximum atomic E-state index is 12.9. The van der Waals surface area contributed by atoms with Crippen molar-refractivity contribution in [3.8, 4) is 0 Å². The Kier molecular flexibility index (Phi) is 7.15. The molecule has 0 aliphatic carbocycles. The number of hydrogen-bond donors (Lipinski definition) is 2. The quantitative estimate of drug-likeness (QED) is 0.374. The summed E-state index contributed by atoms with van der Waals surface area (Å²) in [5.74, 6) is 0.667. The molecule has 0 saturated heterocycles. The van der Waals surface area contributed by atoms with E-state index >= 15 is 0 Å². The molecular formula is C27H28N4O2. The minimum atomic E-state index is -0.0855. The Morgan fingerprint density at radius 3 is 2.45 bits per heavy atom. The van der Waals surface area contributed by atoms with Crippen LogP contribution in [-0.4, -0.2) is 27.9 Å². The Bertz CT molecular complexity index is 1250. The van der Waals surface area contributed by atoms with E-state index in [1.54, 1.807) is 12.1 Å². The van der Waals surface area contributed by atoms with Crippen LogP contribution in [0.4, 0.5) is 5.69 Å². The van der Waals surface area contributed by atoms with Crippen molar-refractivity contribution in [2.24, 2.45) is 0 Å². The van der Waals surface area contributed by atoms with Gasteiger partial charge in [-0.15, -0.1) is 0 Å². The van der Waals surface area contributed by atoms with Gasteiger partial charge in [-0.2, -0.15) is 0 Å². The first kappa shape index (κ1) is 22.3. The molecule has 3 aromatic carbocycles. The fourth-order valence-corrected chi connectivity index (χ4v) is 3.92. The zero-order valence-electron chi connectivity index (χ0n) is 18.8. The molecule has 33 heavy (non-hydrogen) atoms. The maximum Gasteiger partial charge on any atom is 0.251 e. The van der Waals surface area contributed by atoms with Crippen molar-refractivity contribution in [3.63, 3.8) is 0 Å². The lowest BCUT2D eigenvalue weighted by atomic mass is 10.1. The van der Waals surface area contributed by atoms with Gasteiger partial charge in [-0.05, 0) is 48.7 Å². The van der Waals surface area contributed by atoms with Crippen LogP contribution in [-0.2, 0) is 24.2 Å². The Hall–Kier alpha value is -3.93. The second-order valence-electron chi connectivity index (χ2n) is 7.89. The number of rotatable bonds is 9. The van der Waals surface area contributed by atoms with Gasteiger partial charge in [0.1, 0.15) is 12.4 Å². The average molecular weight is 441 g/mol. The molecule has 0 aliphatic heterocycles. The summed E-state index contributed by atoms with van der Waals surface area (Å²) in [6.45, 7) is 2.79. The zero-order valence-corrected chi connectivity index (χ0v) is 18.8. The molecule has 4 aromatic rings. The summed E-state index contributed by atoms with van der Waals surface area (Å²) in [6.07, 6.45) is 2.23. The van der Waals surface area contributed by atoms with E-state index in [0.717, 1.165) is 41.0 Å². The fraction of sp³-hybridized carbons (Fsp3) is 0.222. The topological polar surface area (TPSA) is 76.0 Å². The molecule has 0 atom stereocenters. The van der Waals surface area contributed by atoms with Gasteiger partial charge in [-0.25, -0.2) is 4.98 Å². The second-order valence-corrected chi connectivity index (χ2v) is 7.89. The van der Waals surface area contributed by atoms with Crippen LogP contribution in [0.3, 0.4) is 0 Å². The number of carbonyl (C=O) groups excluding carboxylic acids is 2. The zero-order chi connectivity index (χ0) is 23.0. The third kappa shape index (κ3) is 5.47. The van der Waals surface area contributed by atoms with E-state index in [1.165, 1.54) is 0 Å². The minimum Gasteiger partial charge on any atom is -0.352 e. The number of para-hydroxylation sites is 3. The number of imidazole rings is 1. The van der Waals surface area contributed by atoms with Gasteiger partial charge in [0.2, 0.25) is 5.91 Å². The van der Waals surface area contributed by atoms with Gasteiger partial charge in [0.15, 0.2) is 0 Å². The molecule has 0 unspecified atom stereocenters. The highest BCUT2D eigenvalue weighted by atomic mass is 16.2. The normalized spacial score (nSPS) is 10.8. The van der Waals surface area contributed by atoms with Crippen LogP contribution < -0.4 is 10.6 Å². The molecule has 168 valence electrons. The number of benzene rings is 3. The number of carbonyl (C=O) groups is 2. The van der Waals surface area contributed by atoms with Gasteiger partial charge < -0.3 is 15.2 Å². The Balaban J connectivity index is 1.43. The van der Waals surface area contributed by atoms with Crippen molar-refractivity contribution < 1.29 is 9.59 Å². The van der Waals surface area contributed by atoms with Crippen LogP contribution in [0.15, 0.2) is 78.9 Å². The highest BCUT2D eigenvalue weighted by molar-refractivity contribution is 5.94. The summed E-state index contributed by atoms with van der Waals surface area (Å²) < 4.78 is 1.97. The number of aromatic nitrogens is 2. The molecule has 6 heteroatoms. The molecule has 4 rings (SSSR count). The van der Waals surface area contributed by atoms with E-state index in [-0.39, 0.29) is 18.4 Å². The first-order chi connectivity index (χ1) is 16.2. The van der Waals surface area contributed by atoms with E-state index in [9.17, 15) is 9.59 Å². The molecule has 2 N–H and O–H groups in total. The molecule has 1 heterocycles. The SMILES string of the molecule is CCc1ccccc1NC(=O)Cn1c(CCCNC(=O)c2ccccc2)nc2ccccc21. The summed E-state index contributed by atoms with van der Waals surface area (Å²) in [7, 11) is 0. The van der Waals surface area contributed by atoms with Crippen LogP contribution >= 0.6 is 0 Å². The van der Waals surface area contributed by atoms with E-state index in [2.05, 4.69) is 17.6 Å². The minimum absolute atomic E-state index is 0.0851. The first-order valence-electron chi connectivity index (χ1n) is 11.3. The monoisotopic (exact) mass is 440 g/mol. The average Bonchev–Trinajstić information content (AvgIpc) is 3.19. The third-order valence-electron chi connectivity index (χ3n) is 5.61.